The van der Waals surface area contributed by atoms with E-state index in [0.717, 1.165) is 17.6 Å². The molecule has 94 valence electrons. The molecule has 0 bridgehead atoms. The summed E-state index contributed by atoms with van der Waals surface area (Å²) in [5.74, 6) is 5.25. The third kappa shape index (κ3) is 2.19. The Hall–Kier alpha value is -2.33. The third-order valence-electron chi connectivity index (χ3n) is 2.20. The first-order valence-electron chi connectivity index (χ1n) is 4.75. The average Bonchev–Trinajstić information content (AvgIpc) is 2.78. The second kappa shape index (κ2) is 4.89. The first-order valence-corrected chi connectivity index (χ1v) is 5.52. The monoisotopic (exact) mass is 268 g/mol. The zero-order chi connectivity index (χ0) is 13.1. The highest BCUT2D eigenvalue weighted by molar-refractivity contribution is 7.10. The topological polar surface area (TPSA) is 129 Å². The molecule has 0 amide bonds. The van der Waals surface area contributed by atoms with E-state index in [1.165, 1.54) is 16.8 Å². The maximum atomic E-state index is 11.8. The highest BCUT2D eigenvalue weighted by Crippen LogP contribution is 2.16. The van der Waals surface area contributed by atoms with Gasteiger partial charge >= 0.3 is 11.2 Å². The Morgan fingerprint density at radius 2 is 2.39 bits per heavy atom. The summed E-state index contributed by atoms with van der Waals surface area (Å²) >= 11 is 1.04. The van der Waals surface area contributed by atoms with Crippen molar-refractivity contribution in [3.05, 3.63) is 44.5 Å². The van der Waals surface area contributed by atoms with Crippen LogP contribution < -0.4 is 16.8 Å². The van der Waals surface area contributed by atoms with Crippen molar-refractivity contribution in [2.75, 3.05) is 5.43 Å². The molecule has 0 aliphatic heterocycles. The lowest BCUT2D eigenvalue weighted by atomic mass is 10.4. The largest absolute Gasteiger partial charge is 0.334 e. The van der Waals surface area contributed by atoms with Crippen LogP contribution in [-0.2, 0) is 6.54 Å². The summed E-state index contributed by atoms with van der Waals surface area (Å²) in [6, 6.07) is 2.58. The highest BCUT2D eigenvalue weighted by atomic mass is 32.1. The molecule has 18 heavy (non-hydrogen) atoms. The van der Waals surface area contributed by atoms with Crippen LogP contribution in [0.4, 0.5) is 10.7 Å². The third-order valence-corrected chi connectivity index (χ3v) is 2.90. The predicted octanol–water partition coefficient (Wildman–Crippen LogP) is -0.0581. The molecule has 0 aromatic carbocycles. The van der Waals surface area contributed by atoms with E-state index in [4.69, 9.17) is 5.84 Å². The molecule has 0 spiro atoms. The standard InChI is InChI=1S/C8H8N6O3S/c9-10-7-5(11-12-18-7)4-13-3-1-2-6(8(13)15)14(16)17/h1-3,10H,4,9H2. The molecular weight excluding hydrogens is 260 g/mol. The van der Waals surface area contributed by atoms with Crippen LogP contribution in [0.3, 0.4) is 0 Å². The van der Waals surface area contributed by atoms with Crippen LogP contribution in [0.5, 0.6) is 0 Å². The van der Waals surface area contributed by atoms with Crippen molar-refractivity contribution in [2.45, 2.75) is 6.54 Å². The number of rotatable bonds is 4. The molecule has 2 rings (SSSR count). The Bertz CT molecular complexity index is 636. The highest BCUT2D eigenvalue weighted by Gasteiger charge is 2.15. The quantitative estimate of drug-likeness (QED) is 0.451. The van der Waals surface area contributed by atoms with Crippen LogP contribution in [0.2, 0.25) is 0 Å². The van der Waals surface area contributed by atoms with Crippen LogP contribution in [0.25, 0.3) is 0 Å². The van der Waals surface area contributed by atoms with Gasteiger partial charge in [0.2, 0.25) is 0 Å². The maximum Gasteiger partial charge on any atom is 0.334 e. The summed E-state index contributed by atoms with van der Waals surface area (Å²) in [6.07, 6.45) is 1.44. The SMILES string of the molecule is NNc1snnc1Cn1cccc([N+](=O)[O-])c1=O. The number of nitrogens with one attached hydrogen (secondary N) is 1. The van der Waals surface area contributed by atoms with E-state index in [-0.39, 0.29) is 6.54 Å². The molecule has 10 heteroatoms. The van der Waals surface area contributed by atoms with E-state index in [2.05, 4.69) is 15.0 Å². The summed E-state index contributed by atoms with van der Waals surface area (Å²) in [5, 5.41) is 14.9. The number of nitrogens with zero attached hydrogens (tertiary/aromatic N) is 4. The van der Waals surface area contributed by atoms with Gasteiger partial charge in [0.05, 0.1) is 11.5 Å². The van der Waals surface area contributed by atoms with Gasteiger partial charge in [0.1, 0.15) is 10.7 Å². The number of nitrogen functional groups attached to an aromatic ring is 1. The van der Waals surface area contributed by atoms with Crippen molar-refractivity contribution in [3.8, 4) is 0 Å². The molecule has 9 nitrogen and oxygen atoms in total. The van der Waals surface area contributed by atoms with Crippen molar-refractivity contribution >= 4 is 22.2 Å². The Morgan fingerprint density at radius 1 is 1.61 bits per heavy atom. The minimum Gasteiger partial charge on any atom is -0.313 e. The molecule has 0 aliphatic rings. The van der Waals surface area contributed by atoms with E-state index >= 15 is 0 Å². The van der Waals surface area contributed by atoms with Gasteiger partial charge in [-0.2, -0.15) is 0 Å². The second-order valence-electron chi connectivity index (χ2n) is 3.28. The fourth-order valence-electron chi connectivity index (χ4n) is 1.37. The first kappa shape index (κ1) is 12.1. The smallest absolute Gasteiger partial charge is 0.313 e. The number of pyridine rings is 1. The second-order valence-corrected chi connectivity index (χ2v) is 4.03. The summed E-state index contributed by atoms with van der Waals surface area (Å²) in [6.45, 7) is 0.0660. The summed E-state index contributed by atoms with van der Waals surface area (Å²) in [4.78, 5) is 21.7. The lowest BCUT2D eigenvalue weighted by molar-refractivity contribution is -0.386. The molecule has 0 fully saturated rings. The van der Waals surface area contributed by atoms with Gasteiger partial charge in [0.15, 0.2) is 0 Å². The molecule has 2 heterocycles. The van der Waals surface area contributed by atoms with Gasteiger partial charge < -0.3 is 9.99 Å². The number of anilines is 1. The van der Waals surface area contributed by atoms with Crippen molar-refractivity contribution < 1.29 is 4.92 Å². The number of hydrazine groups is 1. The van der Waals surface area contributed by atoms with E-state index in [1.807, 2.05) is 0 Å². The van der Waals surface area contributed by atoms with Gasteiger partial charge in [0.25, 0.3) is 0 Å². The fraction of sp³-hybridized carbons (Fsp3) is 0.125. The maximum absolute atomic E-state index is 11.8. The van der Waals surface area contributed by atoms with Crippen LogP contribution in [0.15, 0.2) is 23.1 Å². The Labute approximate surface area is 104 Å². The predicted molar refractivity (Wildman–Crippen MR) is 64.2 cm³/mol. The number of nitro groups is 1. The van der Waals surface area contributed by atoms with Crippen molar-refractivity contribution in [3.63, 3.8) is 0 Å². The minimum atomic E-state index is -0.722. The fourth-order valence-corrected chi connectivity index (χ4v) is 1.86. The molecule has 0 aliphatic carbocycles. The molecule has 0 saturated carbocycles. The first-order chi connectivity index (χ1) is 8.63. The molecule has 3 N–H and O–H groups in total. The van der Waals surface area contributed by atoms with Gasteiger partial charge in [-0.3, -0.25) is 14.9 Å². The molecule has 0 saturated heterocycles. The van der Waals surface area contributed by atoms with Crippen LogP contribution in [0.1, 0.15) is 5.69 Å². The number of nitrogens with two attached hydrogens (primary N) is 1. The zero-order valence-electron chi connectivity index (χ0n) is 8.94. The van der Waals surface area contributed by atoms with Gasteiger partial charge in [-0.05, 0) is 6.07 Å². The molecule has 0 atom stereocenters. The minimum absolute atomic E-state index is 0.0660. The molecule has 0 unspecified atom stereocenters. The van der Waals surface area contributed by atoms with E-state index in [1.54, 1.807) is 0 Å². The van der Waals surface area contributed by atoms with E-state index < -0.39 is 16.2 Å². The number of hydrogen-bond acceptors (Lipinski definition) is 8. The van der Waals surface area contributed by atoms with Gasteiger partial charge in [-0.15, -0.1) is 5.10 Å². The molecule has 2 aromatic rings. The Morgan fingerprint density at radius 3 is 3.06 bits per heavy atom. The average molecular weight is 268 g/mol. The lowest BCUT2D eigenvalue weighted by Gasteiger charge is -2.03. The zero-order valence-corrected chi connectivity index (χ0v) is 9.75. The number of hydrogen-bond donors (Lipinski definition) is 2. The Kier molecular flexibility index (Phi) is 3.30. The van der Waals surface area contributed by atoms with Crippen molar-refractivity contribution in [2.24, 2.45) is 5.84 Å². The lowest BCUT2D eigenvalue weighted by Crippen LogP contribution is -2.23. The van der Waals surface area contributed by atoms with Crippen LogP contribution in [0, 0.1) is 10.1 Å². The summed E-state index contributed by atoms with van der Waals surface area (Å²) < 4.78 is 4.85. The molecule has 0 radical (unpaired) electrons. The van der Waals surface area contributed by atoms with Gasteiger partial charge in [0, 0.05) is 23.8 Å². The van der Waals surface area contributed by atoms with Crippen molar-refractivity contribution in [1.82, 2.24) is 14.2 Å². The molecular formula is C8H8N6O3S. The van der Waals surface area contributed by atoms with Gasteiger partial charge in [-0.25, -0.2) is 5.84 Å². The number of aromatic nitrogens is 3. The van der Waals surface area contributed by atoms with E-state index in [0.29, 0.717) is 10.7 Å². The summed E-state index contributed by atoms with van der Waals surface area (Å²) in [7, 11) is 0. The summed E-state index contributed by atoms with van der Waals surface area (Å²) in [5.41, 5.74) is 1.67. The van der Waals surface area contributed by atoms with Crippen molar-refractivity contribution in [1.29, 1.82) is 0 Å². The van der Waals surface area contributed by atoms with E-state index in [9.17, 15) is 14.9 Å². The molecule has 2 aromatic heterocycles. The Balaban J connectivity index is 2.39. The van der Waals surface area contributed by atoms with Crippen LogP contribution in [-0.4, -0.2) is 19.1 Å². The van der Waals surface area contributed by atoms with Crippen LogP contribution >= 0.6 is 11.5 Å². The van der Waals surface area contributed by atoms with Gasteiger partial charge in [-0.1, -0.05) is 4.49 Å². The normalized spacial score (nSPS) is 10.3.